The van der Waals surface area contributed by atoms with Crippen LogP contribution in [0.2, 0.25) is 0 Å². The van der Waals surface area contributed by atoms with Crippen molar-refractivity contribution in [2.45, 2.75) is 16.6 Å². The number of esters is 1. The van der Waals surface area contributed by atoms with Crippen molar-refractivity contribution in [3.63, 3.8) is 0 Å². The normalized spacial score (nSPS) is 45.9. The van der Waals surface area contributed by atoms with Gasteiger partial charge in [0.2, 0.25) is 0 Å². The molecule has 0 aromatic rings. The molecule has 4 rings (SSSR count). The number of hydrogen-bond acceptors (Lipinski definition) is 2. The lowest BCUT2D eigenvalue weighted by Gasteiger charge is -2.57. The van der Waals surface area contributed by atoms with Crippen molar-refractivity contribution in [2.75, 3.05) is 6.61 Å². The number of carbonyl (C=O) groups is 1. The molecule has 0 heterocycles. The van der Waals surface area contributed by atoms with Crippen LogP contribution in [0.3, 0.4) is 0 Å². The lowest BCUT2D eigenvalue weighted by molar-refractivity contribution is -0.139. The fourth-order valence-corrected chi connectivity index (χ4v) is 5.42. The van der Waals surface area contributed by atoms with Gasteiger partial charge >= 0.3 is 5.97 Å². The molecule has 2 bridgehead atoms. The van der Waals surface area contributed by atoms with Crippen molar-refractivity contribution in [3.8, 4) is 0 Å². The minimum atomic E-state index is -0.136. The molecule has 17 heavy (non-hydrogen) atoms. The number of alkyl halides is 2. The number of halogens is 2. The minimum Gasteiger partial charge on any atom is -0.463 e. The molecule has 92 valence electrons. The van der Waals surface area contributed by atoms with E-state index in [1.54, 1.807) is 0 Å². The summed E-state index contributed by atoms with van der Waals surface area (Å²) >= 11 is 7.46. The van der Waals surface area contributed by atoms with E-state index in [1.807, 2.05) is 6.92 Å². The third-order valence-corrected chi connectivity index (χ3v) is 7.20. The van der Waals surface area contributed by atoms with Gasteiger partial charge in [-0.3, -0.25) is 0 Å². The van der Waals surface area contributed by atoms with Crippen LogP contribution < -0.4 is 0 Å². The highest BCUT2D eigenvalue weighted by Gasteiger charge is 2.58. The molecule has 0 aromatic heterocycles. The van der Waals surface area contributed by atoms with Crippen molar-refractivity contribution >= 4 is 37.8 Å². The van der Waals surface area contributed by atoms with E-state index >= 15 is 0 Å². The summed E-state index contributed by atoms with van der Waals surface area (Å²) in [5, 5.41) is 0. The third kappa shape index (κ3) is 1.60. The number of carbonyl (C=O) groups excluding carboxylic acids is 1. The monoisotopic (exact) mass is 360 g/mol. The van der Waals surface area contributed by atoms with Gasteiger partial charge in [-0.1, -0.05) is 50.1 Å². The first-order valence-corrected chi connectivity index (χ1v) is 7.83. The molecule has 4 aliphatic carbocycles. The molecule has 0 saturated heterocycles. The highest BCUT2D eigenvalue weighted by Crippen LogP contribution is 2.59. The molecular weight excluding hydrogens is 348 g/mol. The highest BCUT2D eigenvalue weighted by molar-refractivity contribution is 9.12. The third-order valence-electron chi connectivity index (χ3n) is 4.13. The minimum absolute atomic E-state index is 0.136. The predicted octanol–water partition coefficient (Wildman–Crippen LogP) is 3.06. The lowest BCUT2D eigenvalue weighted by atomic mass is 9.53. The fourth-order valence-electron chi connectivity index (χ4n) is 3.33. The number of allylic oxidation sites excluding steroid dienone is 3. The summed E-state index contributed by atoms with van der Waals surface area (Å²) in [5.41, 5.74) is 0.865. The Morgan fingerprint density at radius 1 is 1.29 bits per heavy atom. The Morgan fingerprint density at radius 2 is 2.00 bits per heavy atom. The zero-order valence-corrected chi connectivity index (χ0v) is 12.6. The van der Waals surface area contributed by atoms with Crippen molar-refractivity contribution in [3.05, 3.63) is 23.8 Å². The van der Waals surface area contributed by atoms with E-state index in [1.165, 1.54) is 0 Å². The van der Waals surface area contributed by atoms with Crippen LogP contribution in [0.25, 0.3) is 0 Å². The van der Waals surface area contributed by atoms with Crippen LogP contribution in [-0.4, -0.2) is 22.2 Å². The Morgan fingerprint density at radius 3 is 2.71 bits per heavy atom. The molecule has 6 atom stereocenters. The summed E-state index contributed by atoms with van der Waals surface area (Å²) in [4.78, 5) is 12.9. The Kier molecular flexibility index (Phi) is 2.98. The van der Waals surface area contributed by atoms with Gasteiger partial charge in [-0.05, 0) is 24.7 Å². The fraction of sp³-hybridized carbons (Fsp3) is 0.615. The molecule has 0 aliphatic heterocycles. The maximum Gasteiger partial charge on any atom is 0.334 e. The Labute approximate surface area is 118 Å². The van der Waals surface area contributed by atoms with Crippen molar-refractivity contribution in [2.24, 2.45) is 23.7 Å². The SMILES string of the molecule is CCOC(=O)C1=C[C@H]2C=C[C@H]1[C@H]1[C@@H](Br)[C@@H](Br)[C@H]21. The average molecular weight is 362 g/mol. The molecule has 0 spiro atoms. The van der Waals surface area contributed by atoms with Gasteiger partial charge in [0.05, 0.1) is 6.61 Å². The van der Waals surface area contributed by atoms with Gasteiger partial charge in [0, 0.05) is 21.1 Å². The van der Waals surface area contributed by atoms with E-state index in [-0.39, 0.29) is 11.9 Å². The van der Waals surface area contributed by atoms with Gasteiger partial charge in [-0.2, -0.15) is 0 Å². The first-order chi connectivity index (χ1) is 8.15. The van der Waals surface area contributed by atoms with E-state index in [2.05, 4.69) is 50.1 Å². The van der Waals surface area contributed by atoms with Crippen LogP contribution >= 0.6 is 31.9 Å². The molecule has 0 amide bonds. The van der Waals surface area contributed by atoms with E-state index in [4.69, 9.17) is 4.74 Å². The molecule has 4 heteroatoms. The van der Waals surface area contributed by atoms with Crippen LogP contribution in [0.15, 0.2) is 23.8 Å². The standard InChI is InChI=1S/C13H14Br2O2/c1-2-17-13(16)8-5-6-3-4-7(8)10-9(6)11(14)12(10)15/h3-7,9-12H,2H2,1H3/t6-,7-,9-,10-,11+,12-/m1/s1. The van der Waals surface area contributed by atoms with Crippen LogP contribution in [0, 0.1) is 23.7 Å². The Hall–Kier alpha value is -0.0900. The molecule has 1 saturated carbocycles. The molecular formula is C13H14Br2O2. The number of rotatable bonds is 2. The molecule has 2 nitrogen and oxygen atoms in total. The largest absolute Gasteiger partial charge is 0.463 e. The van der Waals surface area contributed by atoms with Crippen LogP contribution in [0.5, 0.6) is 0 Å². The van der Waals surface area contributed by atoms with Gasteiger partial charge in [0.15, 0.2) is 0 Å². The second-order valence-corrected chi connectivity index (χ2v) is 6.99. The number of hydrogen-bond donors (Lipinski definition) is 0. The van der Waals surface area contributed by atoms with Gasteiger partial charge in [0.25, 0.3) is 0 Å². The lowest BCUT2D eigenvalue weighted by Crippen LogP contribution is -2.58. The topological polar surface area (TPSA) is 26.3 Å². The zero-order chi connectivity index (χ0) is 12.2. The van der Waals surface area contributed by atoms with Crippen LogP contribution in [0.4, 0.5) is 0 Å². The summed E-state index contributed by atoms with van der Waals surface area (Å²) in [5.74, 6) is 1.67. The maximum atomic E-state index is 11.9. The van der Waals surface area contributed by atoms with Crippen molar-refractivity contribution < 1.29 is 9.53 Å². The van der Waals surface area contributed by atoms with E-state index in [0.29, 0.717) is 34.0 Å². The smallest absolute Gasteiger partial charge is 0.334 e. The zero-order valence-electron chi connectivity index (χ0n) is 9.48. The van der Waals surface area contributed by atoms with Crippen LogP contribution in [0.1, 0.15) is 6.92 Å². The van der Waals surface area contributed by atoms with Crippen molar-refractivity contribution in [1.82, 2.24) is 0 Å². The summed E-state index contributed by atoms with van der Waals surface area (Å²) in [7, 11) is 0. The number of ether oxygens (including phenoxy) is 1. The van der Waals surface area contributed by atoms with Gasteiger partial charge in [-0.15, -0.1) is 0 Å². The van der Waals surface area contributed by atoms with E-state index in [9.17, 15) is 4.79 Å². The predicted molar refractivity (Wildman–Crippen MR) is 73.2 cm³/mol. The molecule has 0 radical (unpaired) electrons. The van der Waals surface area contributed by atoms with Gasteiger partial charge < -0.3 is 4.74 Å². The van der Waals surface area contributed by atoms with E-state index < -0.39 is 0 Å². The summed E-state index contributed by atoms with van der Waals surface area (Å²) < 4.78 is 5.14. The van der Waals surface area contributed by atoms with Crippen molar-refractivity contribution in [1.29, 1.82) is 0 Å². The second-order valence-electron chi connectivity index (χ2n) is 4.87. The van der Waals surface area contributed by atoms with E-state index in [0.717, 1.165) is 5.57 Å². The quantitative estimate of drug-likeness (QED) is 0.429. The Bertz CT molecular complexity index is 416. The molecule has 0 N–H and O–H groups in total. The first-order valence-electron chi connectivity index (χ1n) is 6.00. The Balaban J connectivity index is 1.89. The molecule has 0 aromatic carbocycles. The second kappa shape index (κ2) is 4.23. The molecule has 0 unspecified atom stereocenters. The maximum absolute atomic E-state index is 11.9. The van der Waals surface area contributed by atoms with Crippen LogP contribution in [-0.2, 0) is 9.53 Å². The van der Waals surface area contributed by atoms with Gasteiger partial charge in [-0.25, -0.2) is 4.79 Å². The summed E-state index contributed by atoms with van der Waals surface area (Å²) in [6.07, 6.45) is 6.53. The first kappa shape index (κ1) is 12.0. The summed E-state index contributed by atoms with van der Waals surface area (Å²) in [6.45, 7) is 2.30. The molecule has 4 aliphatic rings. The average Bonchev–Trinajstić information content (AvgIpc) is 2.37. The molecule has 1 fully saturated rings. The summed E-state index contributed by atoms with van der Waals surface area (Å²) in [6, 6.07) is 0. The highest BCUT2D eigenvalue weighted by atomic mass is 79.9. The van der Waals surface area contributed by atoms with Gasteiger partial charge in [0.1, 0.15) is 0 Å².